The average molecular weight is 315 g/mol. The van der Waals surface area contributed by atoms with Crippen LogP contribution in [0.2, 0.25) is 0 Å². The van der Waals surface area contributed by atoms with Gasteiger partial charge < -0.3 is 9.64 Å². The van der Waals surface area contributed by atoms with Crippen LogP contribution in [0.4, 0.5) is 0 Å². The highest BCUT2D eigenvalue weighted by Gasteiger charge is 2.45. The van der Waals surface area contributed by atoms with Gasteiger partial charge >= 0.3 is 5.97 Å². The van der Waals surface area contributed by atoms with Gasteiger partial charge in [0.1, 0.15) is 0 Å². The molecule has 0 N–H and O–H groups in total. The first kappa shape index (κ1) is 16.0. The Labute approximate surface area is 137 Å². The Kier molecular flexibility index (Phi) is 4.42. The third-order valence-electron chi connectivity index (χ3n) is 5.23. The molecule has 1 aromatic carbocycles. The third kappa shape index (κ3) is 3.12. The number of hydrogen-bond donors (Lipinski definition) is 0. The Morgan fingerprint density at radius 2 is 1.83 bits per heavy atom. The summed E-state index contributed by atoms with van der Waals surface area (Å²) in [5.41, 5.74) is 0.385. The summed E-state index contributed by atoms with van der Waals surface area (Å²) in [5.74, 6) is -0.468. The van der Waals surface area contributed by atoms with Gasteiger partial charge in [0.2, 0.25) is 0 Å². The molecule has 1 unspecified atom stereocenters. The number of rotatable bonds is 2. The van der Waals surface area contributed by atoms with E-state index >= 15 is 0 Å². The molecule has 3 rings (SSSR count). The minimum atomic E-state index is -1.09. The number of amides is 1. The second-order valence-corrected chi connectivity index (χ2v) is 7.02. The van der Waals surface area contributed by atoms with Gasteiger partial charge in [-0.1, -0.05) is 43.9 Å². The lowest BCUT2D eigenvalue weighted by atomic mass is 9.88. The summed E-state index contributed by atoms with van der Waals surface area (Å²) in [6, 6.07) is 7.65. The molecule has 1 fully saturated rings. The molecule has 1 aliphatic carbocycles. The van der Waals surface area contributed by atoms with Crippen molar-refractivity contribution in [3.63, 3.8) is 0 Å². The molecule has 4 nitrogen and oxygen atoms in total. The Morgan fingerprint density at radius 1 is 1.17 bits per heavy atom. The number of carbonyl (C=O) groups is 2. The largest absolute Gasteiger partial charge is 0.445 e. The molecule has 23 heavy (non-hydrogen) atoms. The van der Waals surface area contributed by atoms with Crippen molar-refractivity contribution >= 4 is 11.9 Å². The Morgan fingerprint density at radius 3 is 2.52 bits per heavy atom. The highest BCUT2D eigenvalue weighted by atomic mass is 16.6. The SMILES string of the molecule is CN(C(=O)C1(C)Cc2ccccc2C(=O)O1)C1CCCCCC1. The fourth-order valence-electron chi connectivity index (χ4n) is 3.84. The molecular weight excluding hydrogens is 290 g/mol. The summed E-state index contributed by atoms with van der Waals surface area (Å²) in [7, 11) is 1.86. The first-order valence-electron chi connectivity index (χ1n) is 8.60. The molecule has 4 heteroatoms. The zero-order valence-corrected chi connectivity index (χ0v) is 14.0. The van der Waals surface area contributed by atoms with Crippen LogP contribution in [0.5, 0.6) is 0 Å². The van der Waals surface area contributed by atoms with E-state index in [2.05, 4.69) is 0 Å². The predicted molar refractivity (Wildman–Crippen MR) is 88.2 cm³/mol. The molecule has 0 spiro atoms. The second kappa shape index (κ2) is 6.34. The summed E-state index contributed by atoms with van der Waals surface area (Å²) in [6.45, 7) is 1.75. The van der Waals surface area contributed by atoms with Crippen molar-refractivity contribution in [3.8, 4) is 0 Å². The maximum Gasteiger partial charge on any atom is 0.339 e. The normalized spacial score (nSPS) is 25.2. The number of ether oxygens (including phenoxy) is 1. The molecule has 0 saturated heterocycles. The topological polar surface area (TPSA) is 46.6 Å². The zero-order chi connectivity index (χ0) is 16.4. The molecule has 1 aromatic rings. The molecule has 1 saturated carbocycles. The number of fused-ring (bicyclic) bond motifs is 1. The van der Waals surface area contributed by atoms with Crippen LogP contribution in [-0.4, -0.2) is 35.5 Å². The van der Waals surface area contributed by atoms with E-state index in [1.54, 1.807) is 13.0 Å². The number of esters is 1. The summed E-state index contributed by atoms with van der Waals surface area (Å²) >= 11 is 0. The fraction of sp³-hybridized carbons (Fsp3) is 0.579. The van der Waals surface area contributed by atoms with Crippen LogP contribution < -0.4 is 0 Å². The van der Waals surface area contributed by atoms with E-state index < -0.39 is 11.6 Å². The minimum absolute atomic E-state index is 0.0766. The van der Waals surface area contributed by atoms with Crippen molar-refractivity contribution in [2.75, 3.05) is 7.05 Å². The van der Waals surface area contributed by atoms with Gasteiger partial charge in [0.25, 0.3) is 5.91 Å². The van der Waals surface area contributed by atoms with E-state index in [0.29, 0.717) is 12.0 Å². The van der Waals surface area contributed by atoms with E-state index in [9.17, 15) is 9.59 Å². The predicted octanol–water partition coefficient (Wildman–Crippen LogP) is 3.34. The Balaban J connectivity index is 1.80. The molecule has 0 aromatic heterocycles. The van der Waals surface area contributed by atoms with Gasteiger partial charge in [-0.15, -0.1) is 0 Å². The third-order valence-corrected chi connectivity index (χ3v) is 5.23. The van der Waals surface area contributed by atoms with E-state index in [1.807, 2.05) is 30.1 Å². The molecule has 1 amide bonds. The molecule has 1 aliphatic heterocycles. The number of nitrogens with zero attached hydrogens (tertiary/aromatic N) is 1. The maximum absolute atomic E-state index is 13.0. The Hall–Kier alpha value is -1.84. The van der Waals surface area contributed by atoms with Gasteiger partial charge in [0.15, 0.2) is 5.60 Å². The molecule has 1 heterocycles. The lowest BCUT2D eigenvalue weighted by molar-refractivity contribution is -0.152. The van der Waals surface area contributed by atoms with Gasteiger partial charge in [-0.05, 0) is 31.4 Å². The number of likely N-dealkylation sites (N-methyl/N-ethyl adjacent to an activating group) is 1. The maximum atomic E-state index is 13.0. The van der Waals surface area contributed by atoms with E-state index in [-0.39, 0.29) is 11.9 Å². The van der Waals surface area contributed by atoms with Crippen molar-refractivity contribution in [2.45, 2.75) is 63.5 Å². The number of hydrogen-bond acceptors (Lipinski definition) is 3. The Bertz CT molecular complexity index is 604. The van der Waals surface area contributed by atoms with Crippen LogP contribution in [0.15, 0.2) is 24.3 Å². The van der Waals surface area contributed by atoms with Crippen molar-refractivity contribution in [1.82, 2.24) is 4.90 Å². The zero-order valence-electron chi connectivity index (χ0n) is 14.0. The quantitative estimate of drug-likeness (QED) is 0.621. The van der Waals surface area contributed by atoms with Crippen LogP contribution in [0.1, 0.15) is 61.4 Å². The van der Waals surface area contributed by atoms with Crippen LogP contribution >= 0.6 is 0 Å². The van der Waals surface area contributed by atoms with Crippen LogP contribution in [0.25, 0.3) is 0 Å². The van der Waals surface area contributed by atoms with Gasteiger partial charge in [-0.3, -0.25) is 4.79 Å². The van der Waals surface area contributed by atoms with Crippen LogP contribution in [-0.2, 0) is 16.0 Å². The van der Waals surface area contributed by atoms with Crippen molar-refractivity contribution in [2.24, 2.45) is 0 Å². The van der Waals surface area contributed by atoms with Crippen LogP contribution in [0, 0.1) is 0 Å². The van der Waals surface area contributed by atoms with E-state index in [1.165, 1.54) is 25.7 Å². The lowest BCUT2D eigenvalue weighted by Crippen LogP contribution is -2.54. The smallest absolute Gasteiger partial charge is 0.339 e. The summed E-state index contributed by atoms with van der Waals surface area (Å²) < 4.78 is 5.58. The highest BCUT2D eigenvalue weighted by Crippen LogP contribution is 2.31. The standard InChI is InChI=1S/C19H25NO3/c1-19(13-14-9-7-8-12-16(14)17(21)23-19)18(22)20(2)15-10-5-3-4-6-11-15/h7-9,12,15H,3-6,10-11,13H2,1-2H3. The van der Waals surface area contributed by atoms with Crippen molar-refractivity contribution in [1.29, 1.82) is 0 Å². The van der Waals surface area contributed by atoms with Gasteiger partial charge in [0, 0.05) is 19.5 Å². The number of carbonyl (C=O) groups excluding carboxylic acids is 2. The van der Waals surface area contributed by atoms with Gasteiger partial charge in [0.05, 0.1) is 5.56 Å². The molecule has 124 valence electrons. The molecule has 0 bridgehead atoms. The highest BCUT2D eigenvalue weighted by molar-refractivity contribution is 5.97. The van der Waals surface area contributed by atoms with E-state index in [4.69, 9.17) is 4.74 Å². The van der Waals surface area contributed by atoms with Gasteiger partial charge in [-0.25, -0.2) is 4.79 Å². The molecular formula is C19H25NO3. The second-order valence-electron chi connectivity index (χ2n) is 7.02. The monoisotopic (exact) mass is 315 g/mol. The van der Waals surface area contributed by atoms with Crippen LogP contribution in [0.3, 0.4) is 0 Å². The summed E-state index contributed by atoms with van der Waals surface area (Å²) in [6.07, 6.45) is 7.37. The fourth-order valence-corrected chi connectivity index (χ4v) is 3.84. The number of benzene rings is 1. The molecule has 0 radical (unpaired) electrons. The van der Waals surface area contributed by atoms with Gasteiger partial charge in [-0.2, -0.15) is 0 Å². The minimum Gasteiger partial charge on any atom is -0.445 e. The van der Waals surface area contributed by atoms with Crippen molar-refractivity contribution in [3.05, 3.63) is 35.4 Å². The molecule has 2 aliphatic rings. The number of cyclic esters (lactones) is 1. The average Bonchev–Trinajstić information content (AvgIpc) is 2.82. The van der Waals surface area contributed by atoms with Crippen molar-refractivity contribution < 1.29 is 14.3 Å². The van der Waals surface area contributed by atoms with E-state index in [0.717, 1.165) is 18.4 Å². The molecule has 1 atom stereocenters. The summed E-state index contributed by atoms with van der Waals surface area (Å²) in [5, 5.41) is 0. The first-order valence-corrected chi connectivity index (χ1v) is 8.60. The summed E-state index contributed by atoms with van der Waals surface area (Å²) in [4.78, 5) is 27.1. The first-order chi connectivity index (χ1) is 11.0. The lowest BCUT2D eigenvalue weighted by Gasteiger charge is -2.38.